The Morgan fingerprint density at radius 1 is 1.38 bits per heavy atom. The minimum atomic E-state index is 0.190. The van der Waals surface area contributed by atoms with Gasteiger partial charge in [-0.3, -0.25) is 4.90 Å². The fourth-order valence-corrected chi connectivity index (χ4v) is 3.12. The molecule has 1 aromatic carbocycles. The Kier molecular flexibility index (Phi) is 6.97. The molecule has 0 saturated carbocycles. The number of hydrogen-bond acceptors (Lipinski definition) is 3. The third-order valence-electron chi connectivity index (χ3n) is 3.91. The van der Waals surface area contributed by atoms with Crippen molar-refractivity contribution in [1.82, 2.24) is 10.2 Å². The summed E-state index contributed by atoms with van der Waals surface area (Å²) in [5.74, 6) is 0. The quantitative estimate of drug-likeness (QED) is 0.834. The SMILES string of the molecule is CCCNC(c1cccc(Cl)c1)C1CN(CCC)CCO1. The highest BCUT2D eigenvalue weighted by Gasteiger charge is 2.28. The molecule has 3 nitrogen and oxygen atoms in total. The van der Waals surface area contributed by atoms with Crippen LogP contribution in [0.4, 0.5) is 0 Å². The summed E-state index contributed by atoms with van der Waals surface area (Å²) in [5.41, 5.74) is 1.22. The highest BCUT2D eigenvalue weighted by atomic mass is 35.5. The van der Waals surface area contributed by atoms with Gasteiger partial charge in [0.1, 0.15) is 0 Å². The fourth-order valence-electron chi connectivity index (χ4n) is 2.92. The lowest BCUT2D eigenvalue weighted by Gasteiger charge is -2.37. The van der Waals surface area contributed by atoms with Gasteiger partial charge in [-0.2, -0.15) is 0 Å². The van der Waals surface area contributed by atoms with Crippen LogP contribution in [0.15, 0.2) is 24.3 Å². The highest BCUT2D eigenvalue weighted by molar-refractivity contribution is 6.30. The Hall–Kier alpha value is -0.610. The maximum Gasteiger partial charge on any atom is 0.0896 e. The Bertz CT molecular complexity index is 425. The minimum absolute atomic E-state index is 0.190. The van der Waals surface area contributed by atoms with E-state index in [0.29, 0.717) is 0 Å². The van der Waals surface area contributed by atoms with Crippen LogP contribution in [-0.4, -0.2) is 43.8 Å². The highest BCUT2D eigenvalue weighted by Crippen LogP contribution is 2.25. The van der Waals surface area contributed by atoms with Gasteiger partial charge in [0.2, 0.25) is 0 Å². The largest absolute Gasteiger partial charge is 0.374 e. The number of rotatable bonds is 7. The van der Waals surface area contributed by atoms with Crippen molar-refractivity contribution in [2.75, 3.05) is 32.8 Å². The molecule has 1 saturated heterocycles. The van der Waals surface area contributed by atoms with E-state index < -0.39 is 0 Å². The van der Waals surface area contributed by atoms with Gasteiger partial charge in [0.15, 0.2) is 0 Å². The van der Waals surface area contributed by atoms with Crippen LogP contribution in [0.5, 0.6) is 0 Å². The average molecular weight is 311 g/mol. The van der Waals surface area contributed by atoms with E-state index in [1.54, 1.807) is 0 Å². The molecule has 118 valence electrons. The van der Waals surface area contributed by atoms with E-state index >= 15 is 0 Å². The summed E-state index contributed by atoms with van der Waals surface area (Å²) in [6.45, 7) is 9.40. The molecule has 2 unspecified atom stereocenters. The molecule has 4 heteroatoms. The number of hydrogen-bond donors (Lipinski definition) is 1. The Labute approximate surface area is 133 Å². The molecule has 0 amide bonds. The Morgan fingerprint density at radius 2 is 2.24 bits per heavy atom. The van der Waals surface area contributed by atoms with Crippen molar-refractivity contribution < 1.29 is 4.74 Å². The minimum Gasteiger partial charge on any atom is -0.374 e. The second-order valence-electron chi connectivity index (χ2n) is 5.70. The van der Waals surface area contributed by atoms with Gasteiger partial charge < -0.3 is 10.1 Å². The number of halogens is 1. The van der Waals surface area contributed by atoms with Crippen LogP contribution in [0, 0.1) is 0 Å². The topological polar surface area (TPSA) is 24.5 Å². The summed E-state index contributed by atoms with van der Waals surface area (Å²) >= 11 is 6.16. The van der Waals surface area contributed by atoms with Crippen molar-refractivity contribution in [1.29, 1.82) is 0 Å². The molecular formula is C17H27ClN2O. The molecule has 1 heterocycles. The first-order valence-corrected chi connectivity index (χ1v) is 8.45. The molecule has 1 aliphatic rings. The number of nitrogens with one attached hydrogen (secondary N) is 1. The molecule has 0 aromatic heterocycles. The summed E-state index contributed by atoms with van der Waals surface area (Å²) in [4.78, 5) is 2.50. The first kappa shape index (κ1) is 16.8. The zero-order valence-corrected chi connectivity index (χ0v) is 13.9. The summed E-state index contributed by atoms with van der Waals surface area (Å²) in [6, 6.07) is 8.35. The third kappa shape index (κ3) is 4.96. The zero-order chi connectivity index (χ0) is 15.1. The molecule has 1 aliphatic heterocycles. The smallest absolute Gasteiger partial charge is 0.0896 e. The number of ether oxygens (including phenoxy) is 1. The van der Waals surface area contributed by atoms with E-state index in [1.165, 1.54) is 12.0 Å². The fraction of sp³-hybridized carbons (Fsp3) is 0.647. The van der Waals surface area contributed by atoms with Crippen LogP contribution in [0.1, 0.15) is 38.3 Å². The number of nitrogens with zero attached hydrogens (tertiary/aromatic N) is 1. The summed E-state index contributed by atoms with van der Waals surface area (Å²) < 4.78 is 6.06. The van der Waals surface area contributed by atoms with Gasteiger partial charge in [-0.05, 0) is 43.6 Å². The van der Waals surface area contributed by atoms with Crippen molar-refractivity contribution in [3.8, 4) is 0 Å². The van der Waals surface area contributed by atoms with Crippen LogP contribution in [0.25, 0.3) is 0 Å². The van der Waals surface area contributed by atoms with Crippen molar-refractivity contribution >= 4 is 11.6 Å². The summed E-state index contributed by atoms with van der Waals surface area (Å²) in [7, 11) is 0. The monoisotopic (exact) mass is 310 g/mol. The van der Waals surface area contributed by atoms with E-state index in [1.807, 2.05) is 12.1 Å². The molecule has 1 fully saturated rings. The molecule has 0 aliphatic carbocycles. The van der Waals surface area contributed by atoms with Crippen molar-refractivity contribution in [3.63, 3.8) is 0 Å². The van der Waals surface area contributed by atoms with Gasteiger partial charge in [0, 0.05) is 18.1 Å². The van der Waals surface area contributed by atoms with Gasteiger partial charge >= 0.3 is 0 Å². The average Bonchev–Trinajstić information content (AvgIpc) is 2.49. The van der Waals surface area contributed by atoms with Gasteiger partial charge in [0.05, 0.1) is 18.8 Å². The zero-order valence-electron chi connectivity index (χ0n) is 13.1. The second kappa shape index (κ2) is 8.74. The van der Waals surface area contributed by atoms with Gasteiger partial charge in [0.25, 0.3) is 0 Å². The lowest BCUT2D eigenvalue weighted by atomic mass is 9.99. The van der Waals surface area contributed by atoms with E-state index in [9.17, 15) is 0 Å². The molecule has 0 spiro atoms. The molecule has 2 rings (SSSR count). The lowest BCUT2D eigenvalue weighted by Crippen LogP contribution is -2.48. The molecule has 1 N–H and O–H groups in total. The van der Waals surface area contributed by atoms with Crippen LogP contribution in [-0.2, 0) is 4.74 Å². The maximum atomic E-state index is 6.16. The predicted octanol–water partition coefficient (Wildman–Crippen LogP) is 3.49. The Balaban J connectivity index is 2.11. The number of morpholine rings is 1. The molecule has 2 atom stereocenters. The number of benzene rings is 1. The van der Waals surface area contributed by atoms with E-state index in [0.717, 1.165) is 44.2 Å². The first-order valence-electron chi connectivity index (χ1n) is 8.07. The van der Waals surface area contributed by atoms with Gasteiger partial charge in [-0.25, -0.2) is 0 Å². The molecule has 0 radical (unpaired) electrons. The van der Waals surface area contributed by atoms with Crippen LogP contribution >= 0.6 is 11.6 Å². The van der Waals surface area contributed by atoms with E-state index in [-0.39, 0.29) is 12.1 Å². The van der Waals surface area contributed by atoms with Gasteiger partial charge in [-0.15, -0.1) is 0 Å². The van der Waals surface area contributed by atoms with E-state index in [2.05, 4.69) is 36.2 Å². The third-order valence-corrected chi connectivity index (χ3v) is 4.15. The molecule has 0 bridgehead atoms. The second-order valence-corrected chi connectivity index (χ2v) is 6.13. The van der Waals surface area contributed by atoms with Crippen molar-refractivity contribution in [2.45, 2.75) is 38.8 Å². The van der Waals surface area contributed by atoms with Crippen LogP contribution < -0.4 is 5.32 Å². The predicted molar refractivity (Wildman–Crippen MR) is 89.0 cm³/mol. The summed E-state index contributed by atoms with van der Waals surface area (Å²) in [6.07, 6.45) is 2.50. The van der Waals surface area contributed by atoms with Crippen LogP contribution in [0.2, 0.25) is 5.02 Å². The van der Waals surface area contributed by atoms with Crippen LogP contribution in [0.3, 0.4) is 0 Å². The first-order chi connectivity index (χ1) is 10.2. The normalized spacial score (nSPS) is 21.4. The van der Waals surface area contributed by atoms with Crippen molar-refractivity contribution in [3.05, 3.63) is 34.9 Å². The molecule has 1 aromatic rings. The van der Waals surface area contributed by atoms with E-state index in [4.69, 9.17) is 16.3 Å². The molecular weight excluding hydrogens is 284 g/mol. The standard InChI is InChI=1S/C17H27ClN2O/c1-3-8-19-17(14-6-5-7-15(18)12-14)16-13-20(9-4-2)10-11-21-16/h5-7,12,16-17,19H,3-4,8-11,13H2,1-2H3. The summed E-state index contributed by atoms with van der Waals surface area (Å²) in [5, 5.41) is 4.42. The molecule has 21 heavy (non-hydrogen) atoms. The lowest BCUT2D eigenvalue weighted by molar-refractivity contribution is -0.0470. The maximum absolute atomic E-state index is 6.16. The Morgan fingerprint density at radius 3 is 2.95 bits per heavy atom. The van der Waals surface area contributed by atoms with Gasteiger partial charge in [-0.1, -0.05) is 37.6 Å². The van der Waals surface area contributed by atoms with Crippen molar-refractivity contribution in [2.24, 2.45) is 0 Å².